The molecule has 1 fully saturated rings. The van der Waals surface area contributed by atoms with Crippen molar-refractivity contribution < 1.29 is 23.2 Å². The van der Waals surface area contributed by atoms with Crippen LogP contribution in [0.25, 0.3) is 0 Å². The molecule has 0 radical (unpaired) electrons. The summed E-state index contributed by atoms with van der Waals surface area (Å²) in [5, 5.41) is -1.63. The number of hydrogen-bond acceptors (Lipinski definition) is 6. The summed E-state index contributed by atoms with van der Waals surface area (Å²) >= 11 is 0. The minimum absolute atomic E-state index is 0.114. The Balaban J connectivity index is 1.89. The zero-order valence-electron chi connectivity index (χ0n) is 17.7. The number of aliphatic imine (C=N–C) groups is 1. The van der Waals surface area contributed by atoms with Crippen LogP contribution in [0, 0.1) is 18.8 Å². The van der Waals surface area contributed by atoms with E-state index in [4.69, 9.17) is 9.05 Å². The van der Waals surface area contributed by atoms with Gasteiger partial charge in [0.05, 0.1) is 30.7 Å². The van der Waals surface area contributed by atoms with E-state index in [-0.39, 0.29) is 19.1 Å². The number of hydrogen-bond donors (Lipinski definition) is 0. The zero-order chi connectivity index (χ0) is 22.2. The summed E-state index contributed by atoms with van der Waals surface area (Å²) in [5.74, 6) is -2.71. The highest BCUT2D eigenvalue weighted by molar-refractivity contribution is 7.55. The van der Waals surface area contributed by atoms with Crippen LogP contribution in [0.15, 0.2) is 59.6 Å². The number of fused-ring (bicyclic) bond motifs is 1. The molecule has 3 atom stereocenters. The lowest BCUT2D eigenvalue weighted by Gasteiger charge is -2.37. The summed E-state index contributed by atoms with van der Waals surface area (Å²) in [4.78, 5) is 32.7. The Hall–Kier alpha value is -2.60. The van der Waals surface area contributed by atoms with Gasteiger partial charge in [0, 0.05) is 6.21 Å². The Morgan fingerprint density at radius 3 is 2.16 bits per heavy atom. The van der Waals surface area contributed by atoms with Gasteiger partial charge in [-0.15, -0.1) is 0 Å². The first-order valence-corrected chi connectivity index (χ1v) is 11.9. The van der Waals surface area contributed by atoms with Crippen LogP contribution in [0.2, 0.25) is 0 Å². The molecule has 31 heavy (non-hydrogen) atoms. The molecule has 0 N–H and O–H groups in total. The SMILES string of the molecule is CCOP(=O)(OCC)C1(c2ccccc2)N=CC2C(=O)N(c3ccc(C)cc3)C(=O)C21. The predicted molar refractivity (Wildman–Crippen MR) is 118 cm³/mol. The van der Waals surface area contributed by atoms with E-state index < -0.39 is 30.6 Å². The molecule has 4 rings (SSSR count). The van der Waals surface area contributed by atoms with Crippen molar-refractivity contribution in [3.63, 3.8) is 0 Å². The first kappa shape index (κ1) is 21.6. The molecule has 2 heterocycles. The highest BCUT2D eigenvalue weighted by Crippen LogP contribution is 2.72. The second-order valence-electron chi connectivity index (χ2n) is 7.55. The molecule has 3 unspecified atom stereocenters. The number of nitrogens with zero attached hydrogens (tertiary/aromatic N) is 2. The Morgan fingerprint density at radius 1 is 0.968 bits per heavy atom. The van der Waals surface area contributed by atoms with Crippen molar-refractivity contribution in [2.75, 3.05) is 18.1 Å². The maximum absolute atomic E-state index is 14.2. The van der Waals surface area contributed by atoms with Crippen LogP contribution < -0.4 is 4.90 Å². The second kappa shape index (κ2) is 8.15. The van der Waals surface area contributed by atoms with Gasteiger partial charge in [0.25, 0.3) is 0 Å². The minimum atomic E-state index is -3.98. The monoisotopic (exact) mass is 440 g/mol. The number of amides is 2. The topological polar surface area (TPSA) is 85.3 Å². The lowest BCUT2D eigenvalue weighted by molar-refractivity contribution is -0.123. The Labute approximate surface area is 181 Å². The van der Waals surface area contributed by atoms with Gasteiger partial charge in [-0.25, -0.2) is 4.90 Å². The van der Waals surface area contributed by atoms with E-state index in [1.165, 1.54) is 11.1 Å². The lowest BCUT2D eigenvalue weighted by atomic mass is 9.87. The summed E-state index contributed by atoms with van der Waals surface area (Å²) in [5.41, 5.74) is 2.02. The summed E-state index contributed by atoms with van der Waals surface area (Å²) in [7, 11) is -3.98. The number of benzene rings is 2. The van der Waals surface area contributed by atoms with E-state index in [1.54, 1.807) is 50.2 Å². The minimum Gasteiger partial charge on any atom is -0.307 e. The summed E-state index contributed by atoms with van der Waals surface area (Å²) in [6.07, 6.45) is 1.44. The molecule has 0 bridgehead atoms. The van der Waals surface area contributed by atoms with Crippen molar-refractivity contribution in [2.24, 2.45) is 16.8 Å². The van der Waals surface area contributed by atoms with Gasteiger partial charge in [-0.2, -0.15) is 0 Å². The van der Waals surface area contributed by atoms with Crippen LogP contribution in [0.5, 0.6) is 0 Å². The Bertz CT molecular complexity index is 1060. The highest BCUT2D eigenvalue weighted by Gasteiger charge is 2.69. The first-order chi connectivity index (χ1) is 14.9. The van der Waals surface area contributed by atoms with Gasteiger partial charge < -0.3 is 9.05 Å². The van der Waals surface area contributed by atoms with Crippen molar-refractivity contribution >= 4 is 31.3 Å². The lowest BCUT2D eigenvalue weighted by Crippen LogP contribution is -2.40. The van der Waals surface area contributed by atoms with Gasteiger partial charge in [-0.3, -0.25) is 19.1 Å². The van der Waals surface area contributed by atoms with E-state index in [0.717, 1.165) is 5.56 Å². The van der Waals surface area contributed by atoms with Crippen molar-refractivity contribution in [2.45, 2.75) is 26.1 Å². The van der Waals surface area contributed by atoms with Crippen molar-refractivity contribution in [1.29, 1.82) is 0 Å². The summed E-state index contributed by atoms with van der Waals surface area (Å²) < 4.78 is 25.6. The fraction of sp³-hybridized carbons (Fsp3) is 0.348. The molecule has 0 aromatic heterocycles. The van der Waals surface area contributed by atoms with Gasteiger partial charge in [0.15, 0.2) is 5.28 Å². The number of imide groups is 1. The zero-order valence-corrected chi connectivity index (χ0v) is 18.6. The van der Waals surface area contributed by atoms with Crippen molar-refractivity contribution in [3.05, 3.63) is 65.7 Å². The van der Waals surface area contributed by atoms with Gasteiger partial charge in [-0.05, 0) is 38.5 Å². The van der Waals surface area contributed by atoms with Crippen LogP contribution in [0.1, 0.15) is 25.0 Å². The normalized spacial score (nSPS) is 25.3. The Kier molecular flexibility index (Phi) is 5.69. The number of rotatable bonds is 7. The van der Waals surface area contributed by atoms with Crippen molar-refractivity contribution in [3.8, 4) is 0 Å². The quantitative estimate of drug-likeness (QED) is 0.473. The average molecular weight is 440 g/mol. The Morgan fingerprint density at radius 2 is 1.58 bits per heavy atom. The molecule has 2 aliphatic rings. The molecular weight excluding hydrogens is 415 g/mol. The molecule has 1 saturated heterocycles. The number of carbonyl (C=O) groups is 2. The number of anilines is 1. The maximum Gasteiger partial charge on any atom is 0.363 e. The first-order valence-electron chi connectivity index (χ1n) is 10.3. The summed E-state index contributed by atoms with van der Waals surface area (Å²) in [6, 6.07) is 16.0. The fourth-order valence-corrected chi connectivity index (χ4v) is 6.83. The molecule has 0 spiro atoms. The standard InChI is InChI=1S/C23H25N2O5P/c1-4-29-31(28,30-5-2)23(17-9-7-6-8-10-17)20-19(15-24-23)21(26)25(22(20)27)18-13-11-16(3)12-14-18/h6-15,19-20H,4-5H2,1-3H3. The number of aryl methyl sites for hydroxylation is 1. The average Bonchev–Trinajstić information content (AvgIpc) is 3.28. The fourth-order valence-electron chi connectivity index (χ4n) is 4.40. The smallest absolute Gasteiger partial charge is 0.307 e. The third-order valence-electron chi connectivity index (χ3n) is 5.72. The maximum atomic E-state index is 14.2. The van der Waals surface area contributed by atoms with E-state index in [9.17, 15) is 14.2 Å². The molecule has 162 valence electrons. The number of carbonyl (C=O) groups excluding carboxylic acids is 2. The molecule has 8 heteroatoms. The molecular formula is C23H25N2O5P. The van der Waals surface area contributed by atoms with Gasteiger partial charge in [-0.1, -0.05) is 48.0 Å². The molecule has 2 amide bonds. The van der Waals surface area contributed by atoms with E-state index in [1.807, 2.05) is 25.1 Å². The molecule has 2 aliphatic heterocycles. The van der Waals surface area contributed by atoms with Crippen LogP contribution in [0.3, 0.4) is 0 Å². The molecule has 0 saturated carbocycles. The van der Waals surface area contributed by atoms with Crippen LogP contribution >= 0.6 is 7.60 Å². The van der Waals surface area contributed by atoms with E-state index in [0.29, 0.717) is 11.3 Å². The second-order valence-corrected chi connectivity index (χ2v) is 9.75. The largest absolute Gasteiger partial charge is 0.363 e. The van der Waals surface area contributed by atoms with Crippen molar-refractivity contribution in [1.82, 2.24) is 0 Å². The third-order valence-corrected chi connectivity index (χ3v) is 8.41. The molecule has 2 aromatic carbocycles. The van der Waals surface area contributed by atoms with Crippen LogP contribution in [-0.4, -0.2) is 31.2 Å². The van der Waals surface area contributed by atoms with Crippen LogP contribution in [-0.2, 0) is 28.5 Å². The summed E-state index contributed by atoms with van der Waals surface area (Å²) in [6.45, 7) is 5.58. The molecule has 2 aromatic rings. The van der Waals surface area contributed by atoms with Gasteiger partial charge in [0.2, 0.25) is 11.8 Å². The molecule has 0 aliphatic carbocycles. The van der Waals surface area contributed by atoms with Gasteiger partial charge in [0.1, 0.15) is 0 Å². The van der Waals surface area contributed by atoms with Gasteiger partial charge >= 0.3 is 7.60 Å². The molecule has 7 nitrogen and oxygen atoms in total. The van der Waals surface area contributed by atoms with E-state index >= 15 is 0 Å². The van der Waals surface area contributed by atoms with E-state index in [2.05, 4.69) is 4.99 Å². The predicted octanol–water partition coefficient (Wildman–Crippen LogP) is 4.30. The highest BCUT2D eigenvalue weighted by atomic mass is 31.2. The third kappa shape index (κ3) is 3.19. The van der Waals surface area contributed by atoms with Crippen LogP contribution in [0.4, 0.5) is 5.69 Å².